The van der Waals surface area contributed by atoms with Crippen LogP contribution in [0.3, 0.4) is 0 Å². The number of phosphoric acid groups is 5. The minimum atomic E-state index is -6.88. The van der Waals surface area contributed by atoms with Crippen LogP contribution in [0.2, 0.25) is 0 Å². The molecule has 4 aromatic rings. The number of nitrogen functional groups attached to an aromatic ring is 2. The Morgan fingerprint density at radius 3 is 1.16 bits per heavy atom. The molecule has 2 fully saturated rings. The normalized spacial score (nSPS) is 28.3. The van der Waals surface area contributed by atoms with Gasteiger partial charge in [0.15, 0.2) is 35.4 Å². The van der Waals surface area contributed by atoms with Crippen molar-refractivity contribution < 1.29 is 251 Å². The predicted molar refractivity (Wildman–Crippen MR) is 166 cm³/mol. The second-order valence-electron chi connectivity index (χ2n) is 11.4. The first-order valence-electron chi connectivity index (χ1n) is 15.0. The second-order valence-corrected chi connectivity index (χ2v) is 19.0. The van der Waals surface area contributed by atoms with Crippen molar-refractivity contribution in [3.63, 3.8) is 0 Å². The number of nitrogens with zero attached hydrogens (tertiary/aromatic N) is 8. The van der Waals surface area contributed by atoms with Crippen LogP contribution in [0.4, 0.5) is 11.6 Å². The van der Waals surface area contributed by atoms with Crippen LogP contribution in [-0.4, -0.2) is 109 Å². The van der Waals surface area contributed by atoms with E-state index in [1.54, 1.807) is 0 Å². The van der Waals surface area contributed by atoms with Crippen LogP contribution in [0, 0.1) is 0 Å². The van der Waals surface area contributed by atoms with Gasteiger partial charge in [-0.15, -0.1) is 0 Å². The van der Waals surface area contributed by atoms with Crippen LogP contribution in [-0.2, 0) is 58.6 Å². The Hall–Kier alpha value is 2.17. The standard InChI is InChI=1S/C20H29N10O22P5.5Na/c21-15-9-17(25-3-23-15)29(5-27-9)19-13(33)11(31)7(47-19)1-45-53(35,36)49-55(39,40)51-57(43,44)52-56(41,42)50-54(37,38)46-2-8-12(32)14(34)20(48-8)30-6-28-10-16(22)24-4-26-18(10)30;;;;;/h3-8,11-14,19-20,31-34H,1-2H2,(H,35,36)(H,37,38)(H,39,40)(H,41,42)(H,43,44)(H2,21,23,25)(H2,22,24,26);;;;;/q;5*+1/p-5/t7-,8-,11-,12+,13-,14+,19-,20-;;;;;/m1...../s1. The van der Waals surface area contributed by atoms with Gasteiger partial charge in [0, 0.05) is 0 Å². The molecule has 42 heteroatoms. The zero-order chi connectivity index (χ0) is 41.9. The summed E-state index contributed by atoms with van der Waals surface area (Å²) in [6, 6.07) is 0. The third-order valence-corrected chi connectivity index (χ3v) is 14.9. The maximum absolute atomic E-state index is 12.2. The number of phosphoric ester groups is 2. The summed E-state index contributed by atoms with van der Waals surface area (Å²) in [4.78, 5) is 83.8. The van der Waals surface area contributed by atoms with Gasteiger partial charge in [-0.05, 0) is 0 Å². The summed E-state index contributed by atoms with van der Waals surface area (Å²) in [6.45, 7) is -2.58. The van der Waals surface area contributed by atoms with Crippen LogP contribution in [0.15, 0.2) is 25.3 Å². The van der Waals surface area contributed by atoms with Crippen molar-refractivity contribution in [2.75, 3.05) is 24.7 Å². The molecule has 316 valence electrons. The topological polar surface area (TPSA) is 495 Å². The van der Waals surface area contributed by atoms with Gasteiger partial charge in [0.1, 0.15) is 60.3 Å². The third-order valence-electron chi connectivity index (χ3n) is 7.59. The summed E-state index contributed by atoms with van der Waals surface area (Å²) in [7, 11) is -32.8. The van der Waals surface area contributed by atoms with Crippen molar-refractivity contribution in [3.05, 3.63) is 25.3 Å². The number of aliphatic hydroxyl groups excluding tert-OH is 4. The molecule has 4 aromatic heterocycles. The molecule has 62 heavy (non-hydrogen) atoms. The minimum absolute atomic E-state index is 0. The maximum Gasteiger partial charge on any atom is 1.00 e. The molecular weight excluding hydrogens is 1000 g/mol. The Labute approximate surface area is 456 Å². The fourth-order valence-electron chi connectivity index (χ4n) is 5.22. The molecule has 0 aliphatic carbocycles. The summed E-state index contributed by atoms with van der Waals surface area (Å²) >= 11 is 0. The van der Waals surface area contributed by atoms with Gasteiger partial charge >= 0.3 is 148 Å². The minimum Gasteiger partial charge on any atom is -0.756 e. The van der Waals surface area contributed by atoms with Crippen LogP contribution in [0.5, 0.6) is 0 Å². The number of hydrogen-bond acceptors (Lipinski definition) is 30. The molecule has 0 radical (unpaired) electrons. The van der Waals surface area contributed by atoms with E-state index in [1.165, 1.54) is 0 Å². The van der Waals surface area contributed by atoms with Crippen molar-refractivity contribution in [1.29, 1.82) is 0 Å². The first kappa shape index (κ1) is 62.2. The molecule has 6 heterocycles. The molecule has 0 bridgehead atoms. The molecule has 13 atom stereocenters. The van der Waals surface area contributed by atoms with Gasteiger partial charge in [0.25, 0.3) is 39.1 Å². The number of fused-ring (bicyclic) bond motifs is 2. The van der Waals surface area contributed by atoms with Crippen LogP contribution >= 0.6 is 39.1 Å². The Morgan fingerprint density at radius 2 is 0.839 bits per heavy atom. The van der Waals surface area contributed by atoms with Gasteiger partial charge in [0.05, 0.1) is 25.9 Å². The molecule has 2 aliphatic rings. The van der Waals surface area contributed by atoms with E-state index in [0.29, 0.717) is 0 Å². The maximum atomic E-state index is 12.2. The van der Waals surface area contributed by atoms with Gasteiger partial charge in [-0.3, -0.25) is 32.0 Å². The molecule has 2 saturated heterocycles. The first-order valence-corrected chi connectivity index (χ1v) is 22.3. The largest absolute Gasteiger partial charge is 1.00 e. The van der Waals surface area contributed by atoms with Gasteiger partial charge in [0.2, 0.25) is 0 Å². The van der Waals surface area contributed by atoms with E-state index in [4.69, 9.17) is 20.9 Å². The van der Waals surface area contributed by atoms with Crippen molar-refractivity contribution in [3.8, 4) is 0 Å². The molecule has 0 aromatic carbocycles. The first-order chi connectivity index (χ1) is 26.4. The Kier molecular flexibility index (Phi) is 24.4. The number of rotatable bonds is 16. The zero-order valence-corrected chi connectivity index (χ0v) is 46.9. The summed E-state index contributed by atoms with van der Waals surface area (Å²) in [5.74, 6) is -0.127. The number of ether oxygens (including phenoxy) is 2. The fourth-order valence-corrected chi connectivity index (χ4v) is 11.3. The average molecular weight is 1030 g/mol. The number of anilines is 2. The van der Waals surface area contributed by atoms with E-state index in [2.05, 4.69) is 56.2 Å². The summed E-state index contributed by atoms with van der Waals surface area (Å²) in [5, 5.41) is 41.6. The molecule has 0 saturated carbocycles. The Morgan fingerprint density at radius 1 is 0.532 bits per heavy atom. The average Bonchev–Trinajstić information content (AvgIpc) is 3.83. The predicted octanol–water partition coefficient (Wildman–Crippen LogP) is -20.5. The van der Waals surface area contributed by atoms with Crippen molar-refractivity contribution in [2.24, 2.45) is 0 Å². The van der Waals surface area contributed by atoms with E-state index in [9.17, 15) is 67.7 Å². The van der Waals surface area contributed by atoms with Gasteiger partial charge < -0.3 is 74.9 Å². The number of imidazole rings is 2. The van der Waals surface area contributed by atoms with Crippen molar-refractivity contribution in [1.82, 2.24) is 39.0 Å². The van der Waals surface area contributed by atoms with E-state index >= 15 is 0 Å². The second kappa shape index (κ2) is 24.3. The summed E-state index contributed by atoms with van der Waals surface area (Å²) in [5.41, 5.74) is 11.5. The van der Waals surface area contributed by atoms with Crippen molar-refractivity contribution >= 4 is 73.1 Å². The number of hydrogen-bond donors (Lipinski definition) is 6. The van der Waals surface area contributed by atoms with E-state index in [0.717, 1.165) is 34.4 Å². The zero-order valence-electron chi connectivity index (χ0n) is 32.4. The molecule has 8 N–H and O–H groups in total. The van der Waals surface area contributed by atoms with E-state index in [-0.39, 0.29) is 182 Å². The summed E-state index contributed by atoms with van der Waals surface area (Å²) in [6.07, 6.45) is -9.67. The molecular formula is C20H24N10Na5O22P5. The van der Waals surface area contributed by atoms with Gasteiger partial charge in [-0.25, -0.2) is 47.1 Å². The third kappa shape index (κ3) is 15.1. The Bertz CT molecular complexity index is 2250. The quantitative estimate of drug-likeness (QED) is 0.0448. The molecule has 0 amide bonds. The molecule has 32 nitrogen and oxygen atoms in total. The van der Waals surface area contributed by atoms with Gasteiger partial charge in [-0.2, -0.15) is 0 Å². The van der Waals surface area contributed by atoms with Gasteiger partial charge in [-0.1, -0.05) is 0 Å². The van der Waals surface area contributed by atoms with Crippen LogP contribution in [0.1, 0.15) is 12.5 Å². The van der Waals surface area contributed by atoms with Crippen LogP contribution < -0.4 is 184 Å². The number of nitrogens with two attached hydrogens (primary N) is 2. The summed E-state index contributed by atoms with van der Waals surface area (Å²) < 4.78 is 96.0. The monoisotopic (exact) mass is 1030 g/mol. The van der Waals surface area contributed by atoms with Crippen LogP contribution in [0.25, 0.3) is 22.3 Å². The smallest absolute Gasteiger partial charge is 0.756 e. The number of aromatic nitrogens is 8. The molecule has 0 spiro atoms. The van der Waals surface area contributed by atoms with Crippen molar-refractivity contribution in [2.45, 2.75) is 49.1 Å². The van der Waals surface area contributed by atoms with E-state index in [1.807, 2.05) is 0 Å². The molecule has 5 unspecified atom stereocenters. The SMILES string of the molecule is Nc1ncnc2c1ncn2[C@@H]1O[C@H](COP(=O)([O-])OP(=O)([O-])OP(=O)([O-])OP(=O)([O-])OP(=O)([O-])OC[C@H]2O[C@@H](n3cnc4c(N)ncnc43)[C@@H](O)[C@H]2O)[C@@H](O)[C@H]1O.[Na+].[Na+].[Na+].[Na+].[Na+]. The Balaban J connectivity index is 0.00000384. The molecule has 6 rings (SSSR count). The van der Waals surface area contributed by atoms with E-state index < -0.39 is 101 Å². The number of aliphatic hydroxyl groups is 4. The molecule has 2 aliphatic heterocycles. The fraction of sp³-hybridized carbons (Fsp3) is 0.500.